The Hall–Kier alpha value is -3.74. The number of benzene rings is 2. The molecule has 3 aliphatic carbocycles. The van der Waals surface area contributed by atoms with Gasteiger partial charge in [-0.2, -0.15) is 0 Å². The van der Waals surface area contributed by atoms with Crippen molar-refractivity contribution < 1.29 is 14.6 Å². The van der Waals surface area contributed by atoms with E-state index >= 15 is 0 Å². The Morgan fingerprint density at radius 2 is 1.86 bits per heavy atom. The van der Waals surface area contributed by atoms with Gasteiger partial charge in [0.05, 0.1) is 11.1 Å². The fourth-order valence-corrected chi connectivity index (χ4v) is 8.96. The molecule has 9 rings (SSSR count). The number of ether oxygens (including phenoxy) is 2. The van der Waals surface area contributed by atoms with Crippen molar-refractivity contribution in [2.75, 3.05) is 19.7 Å². The van der Waals surface area contributed by atoms with Crippen molar-refractivity contribution in [1.29, 1.82) is 0 Å². The third-order valence-electron chi connectivity index (χ3n) is 11.0. The summed E-state index contributed by atoms with van der Waals surface area (Å²) in [5, 5.41) is 11.1. The highest BCUT2D eigenvalue weighted by Crippen LogP contribution is 2.69. The number of aryl methyl sites for hydroxylation is 1. The Labute approximate surface area is 252 Å². The number of pyridine rings is 2. The molecule has 4 aromatic rings. The molecular formula is C37H37N3O3. The molecule has 5 aliphatic rings. The Morgan fingerprint density at radius 3 is 2.70 bits per heavy atom. The van der Waals surface area contributed by atoms with Crippen molar-refractivity contribution in [3.63, 3.8) is 0 Å². The Kier molecular flexibility index (Phi) is 5.76. The zero-order chi connectivity index (χ0) is 28.6. The van der Waals surface area contributed by atoms with E-state index in [9.17, 15) is 5.11 Å². The van der Waals surface area contributed by atoms with Gasteiger partial charge in [0.25, 0.3) is 0 Å². The zero-order valence-electron chi connectivity index (χ0n) is 24.4. The maximum Gasteiger partial charge on any atom is 0.166 e. The number of hydrogen-bond acceptors (Lipinski definition) is 6. The van der Waals surface area contributed by atoms with Gasteiger partial charge in [0.1, 0.15) is 5.60 Å². The molecule has 218 valence electrons. The molecule has 43 heavy (non-hydrogen) atoms. The summed E-state index contributed by atoms with van der Waals surface area (Å²) in [6.45, 7) is 2.85. The van der Waals surface area contributed by atoms with E-state index in [-0.39, 0.29) is 23.3 Å². The molecule has 2 aromatic carbocycles. The van der Waals surface area contributed by atoms with Gasteiger partial charge in [0.15, 0.2) is 17.6 Å². The number of phenolic OH excluding ortho intramolecular Hbond substituents is 1. The summed E-state index contributed by atoms with van der Waals surface area (Å²) in [5.41, 5.74) is 7.38. The zero-order valence-corrected chi connectivity index (χ0v) is 24.4. The van der Waals surface area contributed by atoms with Crippen LogP contribution >= 0.6 is 0 Å². The molecule has 0 unspecified atom stereocenters. The number of aromatic nitrogens is 2. The van der Waals surface area contributed by atoms with E-state index < -0.39 is 5.60 Å². The highest BCUT2D eigenvalue weighted by Gasteiger charge is 2.73. The van der Waals surface area contributed by atoms with Crippen LogP contribution in [-0.2, 0) is 29.4 Å². The van der Waals surface area contributed by atoms with E-state index in [2.05, 4.69) is 52.3 Å². The summed E-state index contributed by atoms with van der Waals surface area (Å²) in [5.74, 6) is 1.68. The first-order chi connectivity index (χ1) is 21.2. The van der Waals surface area contributed by atoms with E-state index in [1.165, 1.54) is 35.1 Å². The number of likely N-dealkylation sites (tertiary alicyclic amines) is 1. The summed E-state index contributed by atoms with van der Waals surface area (Å²) < 4.78 is 14.3. The predicted octanol–water partition coefficient (Wildman–Crippen LogP) is 6.21. The van der Waals surface area contributed by atoms with Gasteiger partial charge in [-0.1, -0.05) is 36.4 Å². The molecule has 6 nitrogen and oxygen atoms in total. The average molecular weight is 572 g/mol. The maximum atomic E-state index is 11.1. The van der Waals surface area contributed by atoms with Crippen molar-refractivity contribution in [2.45, 2.75) is 68.1 Å². The third kappa shape index (κ3) is 3.79. The minimum atomic E-state index is -0.473. The van der Waals surface area contributed by atoms with Gasteiger partial charge < -0.3 is 14.6 Å². The van der Waals surface area contributed by atoms with Gasteiger partial charge in [0, 0.05) is 55.3 Å². The summed E-state index contributed by atoms with van der Waals surface area (Å²) in [4.78, 5) is 12.1. The van der Waals surface area contributed by atoms with Crippen LogP contribution in [0.3, 0.4) is 0 Å². The monoisotopic (exact) mass is 571 g/mol. The number of hydrogen-bond donors (Lipinski definition) is 1. The van der Waals surface area contributed by atoms with Gasteiger partial charge in [0.2, 0.25) is 0 Å². The fraction of sp³-hybridized carbons (Fsp3) is 0.405. The molecule has 1 N–H and O–H groups in total. The quantitative estimate of drug-likeness (QED) is 0.254. The van der Waals surface area contributed by atoms with Crippen LogP contribution in [0.2, 0.25) is 0 Å². The molecule has 2 aromatic heterocycles. The first kappa shape index (κ1) is 25.7. The number of phenols is 1. The van der Waals surface area contributed by atoms with E-state index in [4.69, 9.17) is 14.5 Å². The van der Waals surface area contributed by atoms with Gasteiger partial charge in [-0.25, -0.2) is 0 Å². The van der Waals surface area contributed by atoms with Crippen LogP contribution in [0.25, 0.3) is 11.1 Å². The second-order valence-corrected chi connectivity index (χ2v) is 13.3. The van der Waals surface area contributed by atoms with Crippen LogP contribution in [-0.4, -0.2) is 51.3 Å². The number of piperidine rings is 1. The van der Waals surface area contributed by atoms with Crippen molar-refractivity contribution in [2.24, 2.45) is 5.92 Å². The lowest BCUT2D eigenvalue weighted by atomic mass is 9.48. The molecule has 1 saturated carbocycles. The van der Waals surface area contributed by atoms with Gasteiger partial charge in [-0.05, 0) is 97.5 Å². The number of aromatic hydroxyl groups is 1. The lowest BCUT2D eigenvalue weighted by Crippen LogP contribution is -2.75. The number of nitrogens with zero attached hydrogens (tertiary/aromatic N) is 3. The Bertz CT molecular complexity index is 1690. The molecule has 6 heteroatoms. The normalized spacial score (nSPS) is 28.2. The number of rotatable bonds is 8. The van der Waals surface area contributed by atoms with Crippen LogP contribution in [0.1, 0.15) is 59.7 Å². The lowest BCUT2D eigenvalue weighted by Gasteiger charge is -2.64. The van der Waals surface area contributed by atoms with Crippen molar-refractivity contribution in [3.8, 4) is 22.6 Å². The molecule has 1 saturated heterocycles. The predicted molar refractivity (Wildman–Crippen MR) is 164 cm³/mol. The van der Waals surface area contributed by atoms with Crippen LogP contribution in [0, 0.1) is 5.92 Å². The topological polar surface area (TPSA) is 67.7 Å². The number of fused-ring (bicyclic) bond motifs is 2. The van der Waals surface area contributed by atoms with Crippen LogP contribution in [0.4, 0.5) is 0 Å². The van der Waals surface area contributed by atoms with Gasteiger partial charge in [-0.3, -0.25) is 14.9 Å². The molecule has 2 aliphatic heterocycles. The average Bonchev–Trinajstić information content (AvgIpc) is 3.79. The van der Waals surface area contributed by atoms with E-state index in [1.807, 2.05) is 36.8 Å². The molecule has 2 fully saturated rings. The SMILES string of the molecule is Oc1ccc2c3c1O[C@H]1c4ncc(-c5ccncc5)cc4C[C@@]4(OCCCc5ccccc5)[C@@H](C2)N(CC2CC2)CC[C@]314. The lowest BCUT2D eigenvalue weighted by molar-refractivity contribution is -0.205. The summed E-state index contributed by atoms with van der Waals surface area (Å²) in [6, 6.07) is 21.3. The Morgan fingerprint density at radius 1 is 1.00 bits per heavy atom. The molecule has 4 heterocycles. The third-order valence-corrected chi connectivity index (χ3v) is 11.0. The Balaban J connectivity index is 1.19. The van der Waals surface area contributed by atoms with Crippen molar-refractivity contribution in [1.82, 2.24) is 14.9 Å². The minimum absolute atomic E-state index is 0.231. The van der Waals surface area contributed by atoms with Gasteiger partial charge >= 0.3 is 0 Å². The van der Waals surface area contributed by atoms with E-state index in [0.29, 0.717) is 12.4 Å². The summed E-state index contributed by atoms with van der Waals surface area (Å²) in [7, 11) is 0. The highest BCUT2D eigenvalue weighted by molar-refractivity contribution is 5.67. The molecule has 0 radical (unpaired) electrons. The standard InChI is InChI=1S/C37H37N3O3/c41-30-11-10-27-20-31-37(42-18-4-7-24-5-2-1-3-6-24)21-28-19-29(26-12-15-38-16-13-26)22-39-33(28)35-36(37,32(27)34(30)43-35)14-17-40(31)23-25-8-9-25/h1-3,5-6,10-13,15-16,19,22,25,31,35,41H,4,7-9,14,17-18,20-21,23H2/t31-,35+,36+,37-/m1/s1. The largest absolute Gasteiger partial charge is 0.504 e. The van der Waals surface area contributed by atoms with Crippen LogP contribution in [0.5, 0.6) is 11.5 Å². The summed E-state index contributed by atoms with van der Waals surface area (Å²) >= 11 is 0. The van der Waals surface area contributed by atoms with E-state index in [0.717, 1.165) is 67.9 Å². The second kappa shape index (κ2) is 9.63. The first-order valence-corrected chi connectivity index (χ1v) is 16.0. The minimum Gasteiger partial charge on any atom is -0.504 e. The van der Waals surface area contributed by atoms with Gasteiger partial charge in [-0.15, -0.1) is 0 Å². The first-order valence-electron chi connectivity index (χ1n) is 16.0. The molecule has 1 spiro atoms. The van der Waals surface area contributed by atoms with E-state index in [1.54, 1.807) is 0 Å². The van der Waals surface area contributed by atoms with Crippen molar-refractivity contribution >= 4 is 0 Å². The molecule has 0 amide bonds. The van der Waals surface area contributed by atoms with Crippen molar-refractivity contribution in [3.05, 3.63) is 107 Å². The summed E-state index contributed by atoms with van der Waals surface area (Å²) in [6.07, 6.45) is 12.6. The second-order valence-electron chi connectivity index (χ2n) is 13.3. The smallest absolute Gasteiger partial charge is 0.166 e. The maximum absolute atomic E-state index is 11.1. The van der Waals surface area contributed by atoms with Crippen LogP contribution < -0.4 is 4.74 Å². The van der Waals surface area contributed by atoms with Crippen LogP contribution in [0.15, 0.2) is 79.3 Å². The fourth-order valence-electron chi connectivity index (χ4n) is 8.96. The molecule has 4 atom stereocenters. The molecular weight excluding hydrogens is 534 g/mol. The highest BCUT2D eigenvalue weighted by atomic mass is 16.5. The molecule has 2 bridgehead atoms.